The number of piperazine rings is 1. The Balaban J connectivity index is 1.32. The second-order valence-electron chi connectivity index (χ2n) is 7.99. The van der Waals surface area contributed by atoms with Crippen LogP contribution in [0.3, 0.4) is 0 Å². The van der Waals surface area contributed by atoms with Crippen LogP contribution in [-0.4, -0.2) is 71.4 Å². The van der Waals surface area contributed by atoms with Crippen LogP contribution < -0.4 is 0 Å². The van der Waals surface area contributed by atoms with Gasteiger partial charge in [-0.2, -0.15) is 0 Å². The summed E-state index contributed by atoms with van der Waals surface area (Å²) in [6.07, 6.45) is 6.67. The Bertz CT molecular complexity index is 811. The van der Waals surface area contributed by atoms with Gasteiger partial charge in [0.05, 0.1) is 12.1 Å². The number of likely N-dealkylation sites (tertiary alicyclic amines) is 1. The van der Waals surface area contributed by atoms with Crippen molar-refractivity contribution in [3.8, 4) is 0 Å². The Morgan fingerprint density at radius 3 is 2.43 bits per heavy atom. The number of carbonyl (C=O) groups is 1. The Hall–Kier alpha value is -1.69. The molecule has 3 heterocycles. The second-order valence-corrected chi connectivity index (χ2v) is 8.42. The largest absolute Gasteiger partial charge is 0.342 e. The fourth-order valence-corrected chi connectivity index (χ4v) is 4.56. The van der Waals surface area contributed by atoms with Crippen LogP contribution in [-0.2, 0) is 11.3 Å². The molecule has 1 amide bonds. The number of rotatable bonds is 4. The zero-order valence-electron chi connectivity index (χ0n) is 16.4. The molecule has 6 heteroatoms. The lowest BCUT2D eigenvalue weighted by Gasteiger charge is -2.35. The predicted octanol–water partition coefficient (Wildman–Crippen LogP) is 3.41. The summed E-state index contributed by atoms with van der Waals surface area (Å²) in [6.45, 7) is 7.10. The molecule has 1 aromatic heterocycles. The standard InChI is InChI=1S/C22H29ClN4O/c23-20-14-18-6-5-7-24-22(18)19(15-20)16-25-10-12-26(13-11-25)17-21(28)27-8-3-1-2-4-9-27/h5-7,14-15H,1-4,8-13,16-17H2. The highest BCUT2D eigenvalue weighted by Crippen LogP contribution is 2.24. The van der Waals surface area contributed by atoms with E-state index in [1.807, 2.05) is 24.4 Å². The fourth-order valence-electron chi connectivity index (χ4n) is 4.31. The third-order valence-corrected chi connectivity index (χ3v) is 6.14. The van der Waals surface area contributed by atoms with Gasteiger partial charge in [0.25, 0.3) is 0 Å². The quantitative estimate of drug-likeness (QED) is 0.788. The Kier molecular flexibility index (Phi) is 6.45. The summed E-state index contributed by atoms with van der Waals surface area (Å²) in [4.78, 5) is 24.0. The van der Waals surface area contributed by atoms with Crippen LogP contribution in [0.15, 0.2) is 30.5 Å². The molecule has 28 heavy (non-hydrogen) atoms. The third kappa shape index (κ3) is 4.83. The summed E-state index contributed by atoms with van der Waals surface area (Å²) in [5.74, 6) is 0.306. The van der Waals surface area contributed by atoms with Gasteiger partial charge in [-0.3, -0.25) is 19.6 Å². The molecule has 0 bridgehead atoms. The van der Waals surface area contributed by atoms with Crippen molar-refractivity contribution in [3.63, 3.8) is 0 Å². The molecule has 0 saturated carbocycles. The number of benzene rings is 1. The first-order valence-corrected chi connectivity index (χ1v) is 10.8. The van der Waals surface area contributed by atoms with Gasteiger partial charge < -0.3 is 4.90 Å². The van der Waals surface area contributed by atoms with Crippen LogP contribution >= 0.6 is 11.6 Å². The number of halogens is 1. The van der Waals surface area contributed by atoms with E-state index in [0.29, 0.717) is 12.5 Å². The number of aromatic nitrogens is 1. The minimum absolute atomic E-state index is 0.306. The van der Waals surface area contributed by atoms with Crippen LogP contribution in [0.4, 0.5) is 0 Å². The van der Waals surface area contributed by atoms with Gasteiger partial charge in [-0.15, -0.1) is 0 Å². The van der Waals surface area contributed by atoms with Gasteiger partial charge in [0.15, 0.2) is 0 Å². The maximum Gasteiger partial charge on any atom is 0.236 e. The maximum atomic E-state index is 12.6. The molecule has 2 aliphatic rings. The van der Waals surface area contributed by atoms with Crippen LogP contribution in [0.1, 0.15) is 31.2 Å². The minimum atomic E-state index is 0.306. The highest BCUT2D eigenvalue weighted by Gasteiger charge is 2.23. The van der Waals surface area contributed by atoms with Gasteiger partial charge in [0.1, 0.15) is 0 Å². The summed E-state index contributed by atoms with van der Waals surface area (Å²) in [5.41, 5.74) is 2.21. The van der Waals surface area contributed by atoms with Gasteiger partial charge in [0.2, 0.25) is 5.91 Å². The van der Waals surface area contributed by atoms with Gasteiger partial charge in [-0.25, -0.2) is 0 Å². The zero-order valence-corrected chi connectivity index (χ0v) is 17.2. The number of carbonyl (C=O) groups excluding carboxylic acids is 1. The topological polar surface area (TPSA) is 39.7 Å². The maximum absolute atomic E-state index is 12.6. The molecule has 0 unspecified atom stereocenters. The van der Waals surface area contributed by atoms with E-state index in [0.717, 1.165) is 74.6 Å². The van der Waals surface area contributed by atoms with E-state index in [4.69, 9.17) is 11.6 Å². The lowest BCUT2D eigenvalue weighted by Crippen LogP contribution is -2.49. The summed E-state index contributed by atoms with van der Waals surface area (Å²) in [7, 11) is 0. The number of hydrogen-bond acceptors (Lipinski definition) is 4. The molecule has 2 aliphatic heterocycles. The predicted molar refractivity (Wildman–Crippen MR) is 114 cm³/mol. The summed E-state index contributed by atoms with van der Waals surface area (Å²) in [6, 6.07) is 8.01. The Morgan fingerprint density at radius 2 is 1.68 bits per heavy atom. The molecule has 0 atom stereocenters. The highest BCUT2D eigenvalue weighted by molar-refractivity contribution is 6.31. The number of amides is 1. The molecular weight excluding hydrogens is 372 g/mol. The summed E-state index contributed by atoms with van der Waals surface area (Å²) in [5, 5.41) is 1.85. The highest BCUT2D eigenvalue weighted by atomic mass is 35.5. The van der Waals surface area contributed by atoms with E-state index in [1.165, 1.54) is 18.4 Å². The first kappa shape index (κ1) is 19.6. The van der Waals surface area contributed by atoms with Crippen LogP contribution in [0.2, 0.25) is 5.02 Å². The van der Waals surface area contributed by atoms with Gasteiger partial charge >= 0.3 is 0 Å². The molecule has 150 valence electrons. The summed E-state index contributed by atoms with van der Waals surface area (Å²) < 4.78 is 0. The van der Waals surface area contributed by atoms with Crippen molar-refractivity contribution in [1.82, 2.24) is 19.7 Å². The van der Waals surface area contributed by atoms with Crippen LogP contribution in [0.25, 0.3) is 10.9 Å². The van der Waals surface area contributed by atoms with E-state index in [-0.39, 0.29) is 0 Å². The lowest BCUT2D eigenvalue weighted by molar-refractivity contribution is -0.132. The van der Waals surface area contributed by atoms with Crippen LogP contribution in [0, 0.1) is 0 Å². The smallest absolute Gasteiger partial charge is 0.236 e. The number of fused-ring (bicyclic) bond motifs is 1. The normalized spacial score (nSPS) is 19.7. The van der Waals surface area contributed by atoms with Crippen LogP contribution in [0.5, 0.6) is 0 Å². The van der Waals surface area contributed by atoms with Crippen molar-refractivity contribution in [1.29, 1.82) is 0 Å². The van der Waals surface area contributed by atoms with Crippen molar-refractivity contribution in [3.05, 3.63) is 41.0 Å². The molecule has 0 spiro atoms. The van der Waals surface area contributed by atoms with E-state index in [2.05, 4.69) is 25.8 Å². The Labute approximate surface area is 172 Å². The van der Waals surface area contributed by atoms with E-state index in [1.54, 1.807) is 0 Å². The minimum Gasteiger partial charge on any atom is -0.342 e. The molecule has 0 radical (unpaired) electrons. The first-order valence-electron chi connectivity index (χ1n) is 10.4. The molecule has 0 N–H and O–H groups in total. The lowest BCUT2D eigenvalue weighted by atomic mass is 10.1. The third-order valence-electron chi connectivity index (χ3n) is 5.93. The van der Waals surface area contributed by atoms with Gasteiger partial charge in [-0.1, -0.05) is 30.5 Å². The number of hydrogen-bond donors (Lipinski definition) is 0. The molecule has 4 rings (SSSR count). The van der Waals surface area contributed by atoms with Crippen molar-refractivity contribution < 1.29 is 4.79 Å². The van der Waals surface area contributed by atoms with Crippen molar-refractivity contribution in [2.45, 2.75) is 32.2 Å². The average molecular weight is 401 g/mol. The van der Waals surface area contributed by atoms with E-state index < -0.39 is 0 Å². The van der Waals surface area contributed by atoms with Crippen molar-refractivity contribution in [2.24, 2.45) is 0 Å². The SMILES string of the molecule is O=C(CN1CCN(Cc2cc(Cl)cc3cccnc23)CC1)N1CCCCCC1. The van der Waals surface area contributed by atoms with E-state index >= 15 is 0 Å². The number of nitrogens with zero attached hydrogens (tertiary/aromatic N) is 4. The molecule has 2 fully saturated rings. The molecule has 2 aromatic rings. The second kappa shape index (κ2) is 9.21. The van der Waals surface area contributed by atoms with Crippen molar-refractivity contribution in [2.75, 3.05) is 45.8 Å². The average Bonchev–Trinajstić information content (AvgIpc) is 2.99. The number of pyridine rings is 1. The Morgan fingerprint density at radius 1 is 0.964 bits per heavy atom. The van der Waals surface area contributed by atoms with E-state index in [9.17, 15) is 4.79 Å². The monoisotopic (exact) mass is 400 g/mol. The molecule has 5 nitrogen and oxygen atoms in total. The molecule has 2 saturated heterocycles. The first-order chi connectivity index (χ1) is 13.7. The van der Waals surface area contributed by atoms with Crippen molar-refractivity contribution >= 4 is 28.4 Å². The molecule has 0 aliphatic carbocycles. The van der Waals surface area contributed by atoms with Gasteiger partial charge in [0, 0.05) is 62.4 Å². The zero-order chi connectivity index (χ0) is 19.3. The fraction of sp³-hybridized carbons (Fsp3) is 0.545. The summed E-state index contributed by atoms with van der Waals surface area (Å²) >= 11 is 6.31. The van der Waals surface area contributed by atoms with Gasteiger partial charge in [-0.05, 0) is 36.6 Å². The molecule has 1 aromatic carbocycles. The molecular formula is C22H29ClN4O.